The minimum absolute atomic E-state index is 0.157. The molecule has 0 aliphatic heterocycles. The van der Waals surface area contributed by atoms with Crippen LogP contribution in [0.15, 0.2) is 0 Å². The molecule has 1 heterocycles. The molecule has 8 heteroatoms. The molecule has 1 aromatic heterocycles. The number of esters is 1. The Hall–Kier alpha value is -1.11. The summed E-state index contributed by atoms with van der Waals surface area (Å²) in [6.45, 7) is 4.85. The van der Waals surface area contributed by atoms with Crippen LogP contribution in [0.1, 0.15) is 39.4 Å². The van der Waals surface area contributed by atoms with E-state index in [0.717, 1.165) is 11.3 Å². The van der Waals surface area contributed by atoms with Crippen molar-refractivity contribution in [3.05, 3.63) is 16.0 Å². The Balaban J connectivity index is 3.27. The highest BCUT2D eigenvalue weighted by atomic mass is 35.5. The van der Waals surface area contributed by atoms with E-state index in [4.69, 9.17) is 27.9 Å². The maximum Gasteiger partial charge on any atom is 0.341 e. The van der Waals surface area contributed by atoms with Gasteiger partial charge in [-0.15, -0.1) is 11.3 Å². The number of halogens is 2. The summed E-state index contributed by atoms with van der Waals surface area (Å²) in [6.07, 6.45) is 0. The molecule has 0 radical (unpaired) electrons. The van der Waals surface area contributed by atoms with Crippen LogP contribution >= 0.6 is 34.5 Å². The lowest BCUT2D eigenvalue weighted by molar-refractivity contribution is -0.114. The molecule has 110 valence electrons. The number of Topliss-reactive ketones (excluding diaryl/α,β-unsaturated/α-hetero) is 1. The fourth-order valence-electron chi connectivity index (χ4n) is 1.55. The number of carbonyl (C=O) groups excluding carboxylic acids is 3. The van der Waals surface area contributed by atoms with Crippen LogP contribution < -0.4 is 5.32 Å². The van der Waals surface area contributed by atoms with Gasteiger partial charge in [-0.25, -0.2) is 4.79 Å². The molecule has 0 spiro atoms. The van der Waals surface area contributed by atoms with E-state index < -0.39 is 16.7 Å². The molecule has 0 fully saturated rings. The van der Waals surface area contributed by atoms with Gasteiger partial charge in [-0.2, -0.15) is 0 Å². The summed E-state index contributed by atoms with van der Waals surface area (Å²) >= 11 is 11.9. The quantitative estimate of drug-likeness (QED) is 0.508. The number of hydrogen-bond acceptors (Lipinski definition) is 5. The van der Waals surface area contributed by atoms with Gasteiger partial charge in [-0.3, -0.25) is 9.59 Å². The first-order valence-corrected chi connectivity index (χ1v) is 7.39. The predicted octanol–water partition coefficient (Wildman–Crippen LogP) is 3.18. The van der Waals surface area contributed by atoms with Crippen LogP contribution in [0.25, 0.3) is 0 Å². The molecular weight excluding hydrogens is 325 g/mol. The van der Waals surface area contributed by atoms with Crippen LogP contribution in [0, 0.1) is 6.92 Å². The van der Waals surface area contributed by atoms with Gasteiger partial charge in [0.05, 0.1) is 17.0 Å². The molecule has 0 unspecified atom stereocenters. The molecular formula is C12H13Cl2NO4S. The lowest BCUT2D eigenvalue weighted by atomic mass is 10.1. The third-order valence-corrected chi connectivity index (χ3v) is 4.09. The number of ketones is 1. The molecule has 1 rings (SSSR count). The second-order valence-electron chi connectivity index (χ2n) is 3.83. The number of thiophene rings is 1. The monoisotopic (exact) mass is 337 g/mol. The van der Waals surface area contributed by atoms with Crippen molar-refractivity contribution in [3.63, 3.8) is 0 Å². The van der Waals surface area contributed by atoms with E-state index in [1.807, 2.05) is 0 Å². The van der Waals surface area contributed by atoms with E-state index >= 15 is 0 Å². The van der Waals surface area contributed by atoms with Crippen molar-refractivity contribution in [2.75, 3.05) is 11.9 Å². The Labute approximate surface area is 130 Å². The highest BCUT2D eigenvalue weighted by molar-refractivity contribution is 7.18. The molecule has 1 amide bonds. The van der Waals surface area contributed by atoms with Crippen molar-refractivity contribution >= 4 is 57.2 Å². The van der Waals surface area contributed by atoms with Gasteiger partial charge in [0.15, 0.2) is 10.6 Å². The smallest absolute Gasteiger partial charge is 0.341 e. The molecule has 0 aliphatic rings. The maximum atomic E-state index is 11.9. The number of alkyl halides is 2. The lowest BCUT2D eigenvalue weighted by Gasteiger charge is -2.07. The Morgan fingerprint density at radius 2 is 1.95 bits per heavy atom. The zero-order chi connectivity index (χ0) is 15.4. The maximum absolute atomic E-state index is 11.9. The molecule has 0 bridgehead atoms. The van der Waals surface area contributed by atoms with E-state index in [-0.39, 0.29) is 23.0 Å². The van der Waals surface area contributed by atoms with Crippen LogP contribution in [-0.4, -0.2) is 29.1 Å². The SMILES string of the molecule is CCOC(=O)c1c(NC(=O)C(Cl)Cl)sc(C(C)=O)c1C. The number of carbonyl (C=O) groups is 3. The van der Waals surface area contributed by atoms with Crippen molar-refractivity contribution in [1.82, 2.24) is 0 Å². The minimum atomic E-state index is -1.27. The molecule has 0 aromatic carbocycles. The second kappa shape index (κ2) is 7.06. The minimum Gasteiger partial charge on any atom is -0.462 e. The first-order chi connectivity index (χ1) is 9.29. The van der Waals surface area contributed by atoms with Gasteiger partial charge in [0.25, 0.3) is 5.91 Å². The van der Waals surface area contributed by atoms with Gasteiger partial charge in [-0.1, -0.05) is 23.2 Å². The van der Waals surface area contributed by atoms with E-state index in [0.29, 0.717) is 10.4 Å². The van der Waals surface area contributed by atoms with E-state index in [1.165, 1.54) is 6.92 Å². The van der Waals surface area contributed by atoms with Crippen LogP contribution in [0.3, 0.4) is 0 Å². The van der Waals surface area contributed by atoms with Gasteiger partial charge in [0, 0.05) is 0 Å². The summed E-state index contributed by atoms with van der Waals surface area (Å²) in [5.74, 6) is -1.48. The predicted molar refractivity (Wildman–Crippen MR) is 79.1 cm³/mol. The topological polar surface area (TPSA) is 72.5 Å². The molecule has 1 N–H and O–H groups in total. The number of hydrogen-bond donors (Lipinski definition) is 1. The Morgan fingerprint density at radius 3 is 2.40 bits per heavy atom. The zero-order valence-corrected chi connectivity index (χ0v) is 13.4. The van der Waals surface area contributed by atoms with Gasteiger partial charge in [0.1, 0.15) is 5.00 Å². The highest BCUT2D eigenvalue weighted by Gasteiger charge is 2.26. The molecule has 1 aromatic rings. The summed E-state index contributed by atoms with van der Waals surface area (Å²) in [5, 5.41) is 2.64. The largest absolute Gasteiger partial charge is 0.462 e. The van der Waals surface area contributed by atoms with Crippen LogP contribution in [0.5, 0.6) is 0 Å². The van der Waals surface area contributed by atoms with Gasteiger partial charge < -0.3 is 10.1 Å². The Morgan fingerprint density at radius 1 is 1.35 bits per heavy atom. The third kappa shape index (κ3) is 3.71. The van der Waals surface area contributed by atoms with E-state index in [2.05, 4.69) is 5.32 Å². The number of rotatable bonds is 5. The summed E-state index contributed by atoms with van der Waals surface area (Å²) in [6, 6.07) is 0. The van der Waals surface area contributed by atoms with Crippen molar-refractivity contribution in [2.24, 2.45) is 0 Å². The Bertz CT molecular complexity index is 554. The number of anilines is 1. The van der Waals surface area contributed by atoms with Gasteiger partial charge in [-0.05, 0) is 26.3 Å². The van der Waals surface area contributed by atoms with Crippen molar-refractivity contribution in [1.29, 1.82) is 0 Å². The molecule has 0 aliphatic carbocycles. The van der Waals surface area contributed by atoms with Crippen LogP contribution in [0.4, 0.5) is 5.00 Å². The van der Waals surface area contributed by atoms with Gasteiger partial charge in [0.2, 0.25) is 0 Å². The first-order valence-electron chi connectivity index (χ1n) is 5.70. The van der Waals surface area contributed by atoms with Crippen molar-refractivity contribution in [2.45, 2.75) is 25.6 Å². The fraction of sp³-hybridized carbons (Fsp3) is 0.417. The summed E-state index contributed by atoms with van der Waals surface area (Å²) in [4.78, 5) is 34.1. The summed E-state index contributed by atoms with van der Waals surface area (Å²) in [5.41, 5.74) is 0.626. The van der Waals surface area contributed by atoms with Crippen LogP contribution in [0.2, 0.25) is 0 Å². The van der Waals surface area contributed by atoms with E-state index in [9.17, 15) is 14.4 Å². The molecule has 20 heavy (non-hydrogen) atoms. The summed E-state index contributed by atoms with van der Waals surface area (Å²) in [7, 11) is 0. The number of amides is 1. The standard InChI is InChI=1S/C12H13Cl2NO4S/c1-4-19-12(18)7-5(2)8(6(3)16)20-11(7)15-10(17)9(13)14/h9H,4H2,1-3H3,(H,15,17). The van der Waals surface area contributed by atoms with Gasteiger partial charge >= 0.3 is 5.97 Å². The van der Waals surface area contributed by atoms with Crippen molar-refractivity contribution < 1.29 is 19.1 Å². The number of nitrogens with one attached hydrogen (secondary N) is 1. The van der Waals surface area contributed by atoms with Crippen LogP contribution in [-0.2, 0) is 9.53 Å². The van der Waals surface area contributed by atoms with Crippen molar-refractivity contribution in [3.8, 4) is 0 Å². The lowest BCUT2D eigenvalue weighted by Crippen LogP contribution is -2.19. The first kappa shape index (κ1) is 16.9. The average Bonchev–Trinajstić information content (AvgIpc) is 2.66. The third-order valence-electron chi connectivity index (χ3n) is 2.38. The highest BCUT2D eigenvalue weighted by Crippen LogP contribution is 2.34. The average molecular weight is 338 g/mol. The molecule has 5 nitrogen and oxygen atoms in total. The Kier molecular flexibility index (Phi) is 5.98. The molecule has 0 atom stereocenters. The molecule has 0 saturated heterocycles. The second-order valence-corrected chi connectivity index (χ2v) is 5.94. The molecule has 0 saturated carbocycles. The van der Waals surface area contributed by atoms with E-state index in [1.54, 1.807) is 13.8 Å². The fourth-order valence-corrected chi connectivity index (χ4v) is 2.76. The zero-order valence-electron chi connectivity index (χ0n) is 11.1. The number of ether oxygens (including phenoxy) is 1. The summed E-state index contributed by atoms with van der Waals surface area (Å²) < 4.78 is 4.92. The normalized spacial score (nSPS) is 10.5.